The molecule has 9 nitrogen and oxygen atoms in total. The average Bonchev–Trinajstić information content (AvgIpc) is 2.86. The van der Waals surface area contributed by atoms with Crippen LogP contribution in [-0.4, -0.2) is 110 Å². The molecule has 0 amide bonds. The van der Waals surface area contributed by atoms with Crippen molar-refractivity contribution in [2.24, 2.45) is 0 Å². The third-order valence-electron chi connectivity index (χ3n) is 5.03. The SMILES string of the molecule is CCCCCCCCCC(O)OCCOCCOCCOCCOCCOCCOCCOCC. The van der Waals surface area contributed by atoms with Crippen LogP contribution in [-0.2, 0) is 37.9 Å². The van der Waals surface area contributed by atoms with Crippen LogP contribution >= 0.6 is 0 Å². The van der Waals surface area contributed by atoms with Crippen molar-refractivity contribution < 1.29 is 43.0 Å². The molecule has 0 saturated heterocycles. The first-order chi connectivity index (χ1) is 17.3. The highest BCUT2D eigenvalue weighted by Crippen LogP contribution is 2.10. The average molecular weight is 511 g/mol. The van der Waals surface area contributed by atoms with Crippen LogP contribution in [0.15, 0.2) is 0 Å². The minimum Gasteiger partial charge on any atom is -0.379 e. The fourth-order valence-corrected chi connectivity index (χ4v) is 3.07. The van der Waals surface area contributed by atoms with E-state index in [1.165, 1.54) is 32.1 Å². The van der Waals surface area contributed by atoms with Crippen molar-refractivity contribution in [3.63, 3.8) is 0 Å². The topological polar surface area (TPSA) is 94.1 Å². The first kappa shape index (κ1) is 34.6. The second kappa shape index (κ2) is 31.7. The van der Waals surface area contributed by atoms with Crippen molar-refractivity contribution in [2.75, 3.05) is 99.1 Å². The molecule has 1 atom stereocenters. The Morgan fingerprint density at radius 1 is 0.429 bits per heavy atom. The lowest BCUT2D eigenvalue weighted by atomic mass is 10.1. The van der Waals surface area contributed by atoms with Gasteiger partial charge in [0.15, 0.2) is 6.29 Å². The Balaban J connectivity index is 3.09. The fourth-order valence-electron chi connectivity index (χ4n) is 3.07. The fraction of sp³-hybridized carbons (Fsp3) is 1.00. The van der Waals surface area contributed by atoms with E-state index >= 15 is 0 Å². The zero-order chi connectivity index (χ0) is 25.5. The lowest BCUT2D eigenvalue weighted by Gasteiger charge is -2.12. The monoisotopic (exact) mass is 510 g/mol. The van der Waals surface area contributed by atoms with Gasteiger partial charge in [0.1, 0.15) is 0 Å². The summed E-state index contributed by atoms with van der Waals surface area (Å²) in [5.41, 5.74) is 0. The van der Waals surface area contributed by atoms with Gasteiger partial charge in [-0.3, -0.25) is 0 Å². The van der Waals surface area contributed by atoms with E-state index in [1.807, 2.05) is 6.92 Å². The van der Waals surface area contributed by atoms with Crippen molar-refractivity contribution >= 4 is 0 Å². The second-order valence-corrected chi connectivity index (χ2v) is 8.11. The Labute approximate surface area is 214 Å². The Kier molecular flexibility index (Phi) is 31.3. The number of ether oxygens (including phenoxy) is 8. The highest BCUT2D eigenvalue weighted by atomic mass is 16.6. The summed E-state index contributed by atoms with van der Waals surface area (Å²) in [7, 11) is 0. The maximum absolute atomic E-state index is 9.82. The van der Waals surface area contributed by atoms with Crippen LogP contribution in [0.4, 0.5) is 0 Å². The molecule has 0 aromatic rings. The van der Waals surface area contributed by atoms with Crippen LogP contribution in [0.5, 0.6) is 0 Å². The molecule has 0 bridgehead atoms. The number of rotatable bonds is 31. The van der Waals surface area contributed by atoms with E-state index in [1.54, 1.807) is 0 Å². The Morgan fingerprint density at radius 2 is 0.771 bits per heavy atom. The Morgan fingerprint density at radius 3 is 1.17 bits per heavy atom. The Hall–Kier alpha value is -0.360. The lowest BCUT2D eigenvalue weighted by molar-refractivity contribution is -0.118. The number of aliphatic hydroxyl groups excluding tert-OH is 1. The van der Waals surface area contributed by atoms with Gasteiger partial charge < -0.3 is 43.0 Å². The van der Waals surface area contributed by atoms with E-state index in [9.17, 15) is 5.11 Å². The largest absolute Gasteiger partial charge is 0.379 e. The van der Waals surface area contributed by atoms with Gasteiger partial charge in [0, 0.05) is 6.61 Å². The highest BCUT2D eigenvalue weighted by molar-refractivity contribution is 4.48. The third-order valence-corrected chi connectivity index (χ3v) is 5.03. The molecule has 0 rings (SSSR count). The molecular weight excluding hydrogens is 456 g/mol. The van der Waals surface area contributed by atoms with Gasteiger partial charge in [0.05, 0.1) is 92.5 Å². The summed E-state index contributed by atoms with van der Waals surface area (Å²) in [6.07, 6.45) is 8.65. The van der Waals surface area contributed by atoms with Gasteiger partial charge in [-0.15, -0.1) is 0 Å². The first-order valence-corrected chi connectivity index (χ1v) is 13.6. The molecule has 0 aromatic carbocycles. The van der Waals surface area contributed by atoms with E-state index in [-0.39, 0.29) is 0 Å². The summed E-state index contributed by atoms with van der Waals surface area (Å²) >= 11 is 0. The molecule has 0 heterocycles. The zero-order valence-electron chi connectivity index (χ0n) is 22.6. The number of aliphatic hydroxyl groups is 1. The maximum Gasteiger partial charge on any atom is 0.154 e. The summed E-state index contributed by atoms with van der Waals surface area (Å²) in [6.45, 7) is 12.3. The van der Waals surface area contributed by atoms with Crippen molar-refractivity contribution in [3.05, 3.63) is 0 Å². The molecule has 0 aliphatic rings. The second-order valence-electron chi connectivity index (χ2n) is 8.11. The molecule has 35 heavy (non-hydrogen) atoms. The van der Waals surface area contributed by atoms with E-state index < -0.39 is 6.29 Å². The normalized spacial score (nSPS) is 12.4. The molecule has 0 aliphatic heterocycles. The number of unbranched alkanes of at least 4 members (excludes halogenated alkanes) is 6. The minimum atomic E-state index is -0.685. The minimum absolute atomic E-state index is 0.397. The molecule has 1 N–H and O–H groups in total. The molecule has 0 aliphatic carbocycles. The van der Waals surface area contributed by atoms with Gasteiger partial charge in [-0.05, 0) is 19.8 Å². The number of hydrogen-bond donors (Lipinski definition) is 1. The van der Waals surface area contributed by atoms with E-state index in [0.29, 0.717) is 106 Å². The third kappa shape index (κ3) is 31.6. The van der Waals surface area contributed by atoms with Crippen LogP contribution in [0.25, 0.3) is 0 Å². The van der Waals surface area contributed by atoms with Crippen molar-refractivity contribution in [1.29, 1.82) is 0 Å². The molecule has 0 saturated carbocycles. The summed E-state index contributed by atoms with van der Waals surface area (Å²) < 4.78 is 43.1. The molecule has 0 fully saturated rings. The molecular formula is C26H54O9. The first-order valence-electron chi connectivity index (χ1n) is 13.6. The molecule has 1 unspecified atom stereocenters. The lowest BCUT2D eigenvalue weighted by Crippen LogP contribution is -2.17. The highest BCUT2D eigenvalue weighted by Gasteiger charge is 2.03. The van der Waals surface area contributed by atoms with Crippen LogP contribution in [0.3, 0.4) is 0 Å². The summed E-state index contributed by atoms with van der Waals surface area (Å²) in [5, 5.41) is 9.82. The molecule has 0 aromatic heterocycles. The van der Waals surface area contributed by atoms with Crippen molar-refractivity contribution in [1.82, 2.24) is 0 Å². The standard InChI is InChI=1S/C26H54O9/c1-3-5-6-7-8-9-10-11-26(27)35-25-24-34-23-22-33-21-20-32-19-18-31-17-16-30-15-14-29-13-12-28-4-2/h26-27H,3-25H2,1-2H3. The van der Waals surface area contributed by atoms with Crippen LogP contribution < -0.4 is 0 Å². The van der Waals surface area contributed by atoms with Crippen molar-refractivity contribution in [3.8, 4) is 0 Å². The quantitative estimate of drug-likeness (QED) is 0.111. The van der Waals surface area contributed by atoms with Gasteiger partial charge in [-0.1, -0.05) is 45.4 Å². The van der Waals surface area contributed by atoms with E-state index in [0.717, 1.165) is 12.8 Å². The van der Waals surface area contributed by atoms with Crippen LogP contribution in [0.2, 0.25) is 0 Å². The van der Waals surface area contributed by atoms with E-state index in [2.05, 4.69) is 6.92 Å². The van der Waals surface area contributed by atoms with Gasteiger partial charge >= 0.3 is 0 Å². The van der Waals surface area contributed by atoms with Crippen LogP contribution in [0.1, 0.15) is 65.2 Å². The summed E-state index contributed by atoms with van der Waals surface area (Å²) in [5.74, 6) is 0. The summed E-state index contributed by atoms with van der Waals surface area (Å²) in [6, 6.07) is 0. The maximum atomic E-state index is 9.82. The molecule has 212 valence electrons. The van der Waals surface area contributed by atoms with Gasteiger partial charge in [0.2, 0.25) is 0 Å². The smallest absolute Gasteiger partial charge is 0.154 e. The van der Waals surface area contributed by atoms with Gasteiger partial charge in [-0.25, -0.2) is 0 Å². The predicted octanol–water partition coefficient (Wildman–Crippen LogP) is 3.60. The molecule has 9 heteroatoms. The number of hydrogen-bond acceptors (Lipinski definition) is 9. The van der Waals surface area contributed by atoms with Gasteiger partial charge in [0.25, 0.3) is 0 Å². The predicted molar refractivity (Wildman–Crippen MR) is 136 cm³/mol. The Bertz CT molecular complexity index is 375. The summed E-state index contributed by atoms with van der Waals surface area (Å²) in [4.78, 5) is 0. The van der Waals surface area contributed by atoms with E-state index in [4.69, 9.17) is 37.9 Å². The molecule has 0 spiro atoms. The zero-order valence-corrected chi connectivity index (χ0v) is 22.6. The van der Waals surface area contributed by atoms with Crippen molar-refractivity contribution in [2.45, 2.75) is 71.5 Å². The van der Waals surface area contributed by atoms with Gasteiger partial charge in [-0.2, -0.15) is 0 Å². The van der Waals surface area contributed by atoms with Crippen LogP contribution in [0, 0.1) is 0 Å². The molecule has 0 radical (unpaired) electrons.